The quantitative estimate of drug-likeness (QED) is 0.0527. The number of halogens is 1. The molecule has 0 bridgehead atoms. The Labute approximate surface area is 366 Å². The number of amides is 2. The van der Waals surface area contributed by atoms with Gasteiger partial charge in [0.1, 0.15) is 17.0 Å². The minimum atomic E-state index is -1.01. The summed E-state index contributed by atoms with van der Waals surface area (Å²) in [4.78, 5) is 58.3. The molecule has 0 radical (unpaired) electrons. The summed E-state index contributed by atoms with van der Waals surface area (Å²) in [6.45, 7) is 9.65. The van der Waals surface area contributed by atoms with Crippen molar-refractivity contribution in [1.29, 1.82) is 0 Å². The summed E-state index contributed by atoms with van der Waals surface area (Å²) in [5.41, 5.74) is 3.88. The summed E-state index contributed by atoms with van der Waals surface area (Å²) in [7, 11) is 0. The molecule has 3 fully saturated rings. The summed E-state index contributed by atoms with van der Waals surface area (Å²) in [5.74, 6) is 0.320. The molecule has 6 heterocycles. The van der Waals surface area contributed by atoms with Gasteiger partial charge in [0.25, 0.3) is 5.56 Å². The number of carbonyl (C=O) groups is 2. The van der Waals surface area contributed by atoms with Crippen LogP contribution >= 0.6 is 22.6 Å². The van der Waals surface area contributed by atoms with E-state index in [9.17, 15) is 24.6 Å². The molecule has 3 aliphatic heterocycles. The van der Waals surface area contributed by atoms with Crippen LogP contribution in [0, 0.1) is 0 Å². The third kappa shape index (κ3) is 8.35. The van der Waals surface area contributed by atoms with Crippen molar-refractivity contribution in [2.75, 3.05) is 70.7 Å². The molecule has 0 saturated carbocycles. The first-order chi connectivity index (χ1) is 29.5. The van der Waals surface area contributed by atoms with Gasteiger partial charge in [0, 0.05) is 85.6 Å². The zero-order chi connectivity index (χ0) is 42.3. The lowest BCUT2D eigenvalue weighted by atomic mass is 9.90. The lowest BCUT2D eigenvalue weighted by molar-refractivity contribution is -0.133. The average Bonchev–Trinajstić information content (AvgIpc) is 3.75. The summed E-state index contributed by atoms with van der Waals surface area (Å²) in [6, 6.07) is 19.6. The second-order valence-electron chi connectivity index (χ2n) is 16.6. The number of piperazine rings is 1. The third-order valence-electron chi connectivity index (χ3n) is 12.5. The van der Waals surface area contributed by atoms with E-state index in [2.05, 4.69) is 76.9 Å². The highest BCUT2D eigenvalue weighted by atomic mass is 127. The van der Waals surface area contributed by atoms with E-state index in [1.54, 1.807) is 10.8 Å². The molecule has 4 aliphatic rings. The standard InChI is InChI=1S/C44H50IN11O5/c1-2-19-55-41(59)34-26-46-42(51-39(34)56(55)36-13-3-29-15-16-44(61,27-45)38(29)49-36)48-31-6-10-33(11-7-31)54-24-22-52(23-25-54)28-43(60)17-20-53(21-18-43)32-8-4-30(5-9-32)47-35-12-14-37(57)50-40(35)58/h2-11,13,26,35,47,60-61H,1,12,14-25,27-28H2,(H,46,48,51)(H,50,57,58)/t35?,44-/m0/s1. The molecule has 16 nitrogen and oxygen atoms in total. The Morgan fingerprint density at radius 3 is 2.21 bits per heavy atom. The van der Waals surface area contributed by atoms with Gasteiger partial charge >= 0.3 is 0 Å². The van der Waals surface area contributed by atoms with Crippen LogP contribution in [0.5, 0.6) is 0 Å². The topological polar surface area (TPSA) is 186 Å². The maximum Gasteiger partial charge on any atom is 0.278 e. The Hall–Kier alpha value is -5.37. The van der Waals surface area contributed by atoms with Crippen LogP contribution in [0.2, 0.25) is 0 Å². The normalized spacial score (nSPS) is 21.7. The summed E-state index contributed by atoms with van der Waals surface area (Å²) >= 11 is 2.19. The number of alkyl halides is 1. The molecule has 9 rings (SSSR count). The molecule has 2 aromatic carbocycles. The number of aliphatic hydroxyl groups is 2. The molecule has 1 unspecified atom stereocenters. The van der Waals surface area contributed by atoms with Gasteiger partial charge in [-0.15, -0.1) is 6.58 Å². The van der Waals surface area contributed by atoms with Crippen LogP contribution in [0.1, 0.15) is 43.4 Å². The summed E-state index contributed by atoms with van der Waals surface area (Å²) in [6.07, 6.45) is 6.73. The van der Waals surface area contributed by atoms with Crippen LogP contribution in [-0.2, 0) is 28.2 Å². The first kappa shape index (κ1) is 41.0. The van der Waals surface area contributed by atoms with Crippen molar-refractivity contribution >= 4 is 74.1 Å². The number of β-amino-alcohol motifs (C(OH)–C–C–N with tert-alkyl or cyclic N) is 1. The minimum Gasteiger partial charge on any atom is -0.388 e. The van der Waals surface area contributed by atoms with Crippen LogP contribution in [0.3, 0.4) is 0 Å². The molecular weight excluding hydrogens is 889 g/mol. The Bertz CT molecular complexity index is 2510. The number of imide groups is 1. The van der Waals surface area contributed by atoms with Crippen molar-refractivity contribution in [3.8, 4) is 5.82 Å². The fourth-order valence-electron chi connectivity index (χ4n) is 9.00. The molecule has 0 spiro atoms. The monoisotopic (exact) mass is 939 g/mol. The SMILES string of the molecule is C=CCn1c(=O)c2cnc(Nc3ccc(N4CCN(CC5(O)CCN(c6ccc(NC7CCC(=O)NC7=O)cc6)CC5)CC4)cc3)nc2n1-c1ccc2c(n1)[C@@](O)(CI)CC2. The van der Waals surface area contributed by atoms with E-state index in [-0.39, 0.29) is 23.9 Å². The molecular formula is C44H50IN11O5. The highest BCUT2D eigenvalue weighted by Gasteiger charge is 2.38. The third-order valence-corrected chi connectivity index (χ3v) is 13.8. The number of allylic oxidation sites excluding steroid dienone is 1. The summed E-state index contributed by atoms with van der Waals surface area (Å²) < 4.78 is 3.75. The van der Waals surface area contributed by atoms with E-state index in [0.29, 0.717) is 71.6 Å². The number of aromatic nitrogens is 5. The number of rotatable bonds is 12. The predicted molar refractivity (Wildman–Crippen MR) is 243 cm³/mol. The van der Waals surface area contributed by atoms with Gasteiger partial charge in [0.15, 0.2) is 11.5 Å². The van der Waals surface area contributed by atoms with Crippen molar-refractivity contribution in [1.82, 2.24) is 34.5 Å². The Kier molecular flexibility index (Phi) is 11.3. The van der Waals surface area contributed by atoms with Crippen molar-refractivity contribution in [2.45, 2.75) is 62.3 Å². The molecule has 318 valence electrons. The van der Waals surface area contributed by atoms with Gasteiger partial charge in [-0.3, -0.25) is 24.6 Å². The van der Waals surface area contributed by atoms with Crippen LogP contribution in [0.25, 0.3) is 16.9 Å². The van der Waals surface area contributed by atoms with Gasteiger partial charge in [-0.25, -0.2) is 19.3 Å². The molecule has 1 aliphatic carbocycles. The van der Waals surface area contributed by atoms with Gasteiger partial charge in [-0.1, -0.05) is 34.7 Å². The van der Waals surface area contributed by atoms with Gasteiger partial charge in [-0.2, -0.15) is 4.98 Å². The number of nitrogens with one attached hydrogen (secondary N) is 3. The van der Waals surface area contributed by atoms with Gasteiger partial charge in [0.05, 0.1) is 17.8 Å². The number of anilines is 5. The number of hydrogen-bond acceptors (Lipinski definition) is 13. The van der Waals surface area contributed by atoms with Crippen LogP contribution < -0.4 is 31.3 Å². The first-order valence-electron chi connectivity index (χ1n) is 20.9. The molecule has 2 atom stereocenters. The fourth-order valence-corrected chi connectivity index (χ4v) is 9.75. The van der Waals surface area contributed by atoms with Gasteiger partial charge in [0.2, 0.25) is 17.8 Å². The van der Waals surface area contributed by atoms with Crippen molar-refractivity contribution in [3.05, 3.63) is 101 Å². The fraction of sp³-hybridized carbons (Fsp3) is 0.409. The maximum absolute atomic E-state index is 13.5. The van der Waals surface area contributed by atoms with E-state index >= 15 is 0 Å². The Morgan fingerprint density at radius 1 is 0.852 bits per heavy atom. The second-order valence-corrected chi connectivity index (χ2v) is 17.4. The molecule has 17 heteroatoms. The maximum atomic E-state index is 13.5. The zero-order valence-electron chi connectivity index (χ0n) is 33.9. The van der Waals surface area contributed by atoms with Gasteiger partial charge < -0.3 is 30.6 Å². The van der Waals surface area contributed by atoms with Gasteiger partial charge in [-0.05, 0) is 92.3 Å². The van der Waals surface area contributed by atoms with Crippen LogP contribution in [0.15, 0.2) is 84.3 Å². The van der Waals surface area contributed by atoms with Crippen LogP contribution in [-0.4, -0.2) is 113 Å². The molecule has 5 aromatic rings. The van der Waals surface area contributed by atoms with Crippen molar-refractivity contribution < 1.29 is 19.8 Å². The van der Waals surface area contributed by atoms with E-state index < -0.39 is 17.2 Å². The van der Waals surface area contributed by atoms with Crippen molar-refractivity contribution in [2.24, 2.45) is 0 Å². The highest BCUT2D eigenvalue weighted by molar-refractivity contribution is 14.1. The number of fused-ring (bicyclic) bond motifs is 2. The lowest BCUT2D eigenvalue weighted by Crippen LogP contribution is -2.55. The zero-order valence-corrected chi connectivity index (χ0v) is 36.1. The lowest BCUT2D eigenvalue weighted by Gasteiger charge is -2.44. The smallest absolute Gasteiger partial charge is 0.278 e. The van der Waals surface area contributed by atoms with E-state index in [0.717, 1.165) is 74.0 Å². The molecule has 5 N–H and O–H groups in total. The number of carbonyl (C=O) groups excluding carboxylic acids is 2. The molecule has 61 heavy (non-hydrogen) atoms. The van der Waals surface area contributed by atoms with Crippen LogP contribution in [0.4, 0.5) is 28.7 Å². The molecule has 2 amide bonds. The number of aryl methyl sites for hydroxylation is 1. The highest BCUT2D eigenvalue weighted by Crippen LogP contribution is 2.38. The number of piperidine rings is 2. The van der Waals surface area contributed by atoms with Crippen molar-refractivity contribution in [3.63, 3.8) is 0 Å². The molecule has 3 aromatic heterocycles. The number of nitrogens with zero attached hydrogens (tertiary/aromatic N) is 8. The number of benzene rings is 2. The summed E-state index contributed by atoms with van der Waals surface area (Å²) in [5, 5.41) is 32.2. The number of hydrogen-bond donors (Lipinski definition) is 5. The van der Waals surface area contributed by atoms with E-state index in [1.165, 1.54) is 10.9 Å². The molecule has 3 saturated heterocycles. The van der Waals surface area contributed by atoms with E-state index in [1.807, 2.05) is 48.5 Å². The average molecular weight is 940 g/mol. The largest absolute Gasteiger partial charge is 0.388 e. The van der Waals surface area contributed by atoms with E-state index in [4.69, 9.17) is 9.97 Å². The first-order valence-corrected chi connectivity index (χ1v) is 22.4. The minimum absolute atomic E-state index is 0.226. The second kappa shape index (κ2) is 16.8. The predicted octanol–water partition coefficient (Wildman–Crippen LogP) is 3.85. The Balaban J connectivity index is 0.791. The Morgan fingerprint density at radius 2 is 1.54 bits per heavy atom. The number of pyridine rings is 1.